The SMILES string of the molecule is C[C@H]1C/C(=N/NC(=O)c2ccccc2)CC(C)(C)C1. The normalized spacial score (nSPS) is 24.2. The van der Waals surface area contributed by atoms with E-state index in [0.717, 1.165) is 18.6 Å². The second-order valence-corrected chi connectivity index (χ2v) is 6.34. The molecule has 0 unspecified atom stereocenters. The fraction of sp³-hybridized carbons (Fsp3) is 0.500. The molecule has 0 aliphatic heterocycles. The monoisotopic (exact) mass is 258 g/mol. The van der Waals surface area contributed by atoms with E-state index in [9.17, 15) is 4.79 Å². The molecule has 1 aromatic carbocycles. The number of hydrogen-bond donors (Lipinski definition) is 1. The van der Waals surface area contributed by atoms with Gasteiger partial charge in [0.15, 0.2) is 0 Å². The van der Waals surface area contributed by atoms with E-state index in [1.165, 1.54) is 6.42 Å². The minimum Gasteiger partial charge on any atom is -0.267 e. The van der Waals surface area contributed by atoms with Crippen LogP contribution in [0.5, 0.6) is 0 Å². The fourth-order valence-electron chi connectivity index (χ4n) is 2.98. The molecule has 1 saturated carbocycles. The summed E-state index contributed by atoms with van der Waals surface area (Å²) in [5.41, 5.74) is 4.71. The summed E-state index contributed by atoms with van der Waals surface area (Å²) in [7, 11) is 0. The van der Waals surface area contributed by atoms with Crippen molar-refractivity contribution in [2.45, 2.75) is 40.0 Å². The van der Waals surface area contributed by atoms with Gasteiger partial charge in [-0.2, -0.15) is 5.10 Å². The summed E-state index contributed by atoms with van der Waals surface area (Å²) < 4.78 is 0. The van der Waals surface area contributed by atoms with Crippen LogP contribution >= 0.6 is 0 Å². The van der Waals surface area contributed by atoms with Crippen molar-refractivity contribution in [3.63, 3.8) is 0 Å². The number of carbonyl (C=O) groups is 1. The van der Waals surface area contributed by atoms with Gasteiger partial charge in [0.25, 0.3) is 5.91 Å². The molecule has 102 valence electrons. The quantitative estimate of drug-likeness (QED) is 0.809. The lowest BCUT2D eigenvalue weighted by Crippen LogP contribution is -2.30. The van der Waals surface area contributed by atoms with Gasteiger partial charge in [-0.25, -0.2) is 5.43 Å². The summed E-state index contributed by atoms with van der Waals surface area (Å²) in [6.45, 7) is 6.77. The number of benzene rings is 1. The zero-order valence-corrected chi connectivity index (χ0v) is 11.9. The zero-order valence-electron chi connectivity index (χ0n) is 11.9. The first-order chi connectivity index (χ1) is 8.96. The van der Waals surface area contributed by atoms with Crippen LogP contribution in [0, 0.1) is 11.3 Å². The maximum Gasteiger partial charge on any atom is 0.271 e. The van der Waals surface area contributed by atoms with E-state index in [-0.39, 0.29) is 11.3 Å². The van der Waals surface area contributed by atoms with Crippen molar-refractivity contribution >= 4 is 11.6 Å². The van der Waals surface area contributed by atoms with Gasteiger partial charge in [0, 0.05) is 11.3 Å². The zero-order chi connectivity index (χ0) is 13.9. The molecular weight excluding hydrogens is 236 g/mol. The number of rotatable bonds is 2. The van der Waals surface area contributed by atoms with Crippen molar-refractivity contribution in [3.8, 4) is 0 Å². The van der Waals surface area contributed by atoms with E-state index in [2.05, 4.69) is 31.3 Å². The van der Waals surface area contributed by atoms with Gasteiger partial charge in [-0.15, -0.1) is 0 Å². The van der Waals surface area contributed by atoms with E-state index in [4.69, 9.17) is 0 Å². The molecule has 3 heteroatoms. The summed E-state index contributed by atoms with van der Waals surface area (Å²) >= 11 is 0. The summed E-state index contributed by atoms with van der Waals surface area (Å²) in [5.74, 6) is 0.500. The molecule has 1 fully saturated rings. The van der Waals surface area contributed by atoms with Crippen LogP contribution in [0.2, 0.25) is 0 Å². The van der Waals surface area contributed by atoms with Crippen molar-refractivity contribution in [1.82, 2.24) is 5.43 Å². The Morgan fingerprint density at radius 1 is 1.32 bits per heavy atom. The molecule has 1 aliphatic rings. The molecule has 0 aromatic heterocycles. The van der Waals surface area contributed by atoms with E-state index in [1.54, 1.807) is 12.1 Å². The third-order valence-electron chi connectivity index (χ3n) is 3.52. The third kappa shape index (κ3) is 3.91. The fourth-order valence-corrected chi connectivity index (χ4v) is 2.98. The van der Waals surface area contributed by atoms with Crippen LogP contribution in [0.1, 0.15) is 50.4 Å². The Morgan fingerprint density at radius 3 is 2.63 bits per heavy atom. The first-order valence-corrected chi connectivity index (χ1v) is 6.87. The minimum absolute atomic E-state index is 0.135. The maximum atomic E-state index is 11.9. The van der Waals surface area contributed by atoms with Crippen molar-refractivity contribution in [2.24, 2.45) is 16.4 Å². The lowest BCUT2D eigenvalue weighted by molar-refractivity contribution is 0.0954. The second-order valence-electron chi connectivity index (χ2n) is 6.34. The Labute approximate surface area is 115 Å². The number of amides is 1. The Kier molecular flexibility index (Phi) is 4.03. The molecule has 2 rings (SSSR count). The van der Waals surface area contributed by atoms with E-state index in [0.29, 0.717) is 11.5 Å². The van der Waals surface area contributed by atoms with Gasteiger partial charge in [0.1, 0.15) is 0 Å². The molecule has 1 amide bonds. The highest BCUT2D eigenvalue weighted by Crippen LogP contribution is 2.36. The lowest BCUT2D eigenvalue weighted by atomic mass is 9.72. The number of carbonyl (C=O) groups excluding carboxylic acids is 1. The highest BCUT2D eigenvalue weighted by atomic mass is 16.2. The molecule has 1 aromatic rings. The predicted molar refractivity (Wildman–Crippen MR) is 78.1 cm³/mol. The topological polar surface area (TPSA) is 41.5 Å². The largest absolute Gasteiger partial charge is 0.271 e. The number of nitrogens with zero attached hydrogens (tertiary/aromatic N) is 1. The Bertz CT molecular complexity index is 477. The van der Waals surface area contributed by atoms with Crippen LogP contribution < -0.4 is 5.43 Å². The van der Waals surface area contributed by atoms with Gasteiger partial charge < -0.3 is 0 Å². The van der Waals surface area contributed by atoms with Crippen LogP contribution in [0.4, 0.5) is 0 Å². The molecule has 1 aliphatic carbocycles. The first kappa shape index (κ1) is 13.8. The Hall–Kier alpha value is -1.64. The molecule has 1 N–H and O–H groups in total. The highest BCUT2D eigenvalue weighted by molar-refractivity contribution is 5.95. The van der Waals surface area contributed by atoms with Crippen molar-refractivity contribution in [3.05, 3.63) is 35.9 Å². The van der Waals surface area contributed by atoms with E-state index < -0.39 is 0 Å². The number of nitrogens with one attached hydrogen (secondary N) is 1. The van der Waals surface area contributed by atoms with Crippen molar-refractivity contribution in [1.29, 1.82) is 0 Å². The van der Waals surface area contributed by atoms with Crippen LogP contribution in [-0.4, -0.2) is 11.6 Å². The van der Waals surface area contributed by atoms with E-state index >= 15 is 0 Å². The Morgan fingerprint density at radius 2 is 2.00 bits per heavy atom. The molecule has 0 heterocycles. The van der Waals surface area contributed by atoms with Crippen LogP contribution in [0.3, 0.4) is 0 Å². The molecular formula is C16H22N2O. The highest BCUT2D eigenvalue weighted by Gasteiger charge is 2.29. The van der Waals surface area contributed by atoms with Crippen molar-refractivity contribution in [2.75, 3.05) is 0 Å². The van der Waals surface area contributed by atoms with Gasteiger partial charge in [-0.05, 0) is 42.7 Å². The van der Waals surface area contributed by atoms with Crippen LogP contribution in [-0.2, 0) is 0 Å². The molecule has 0 bridgehead atoms. The van der Waals surface area contributed by atoms with Gasteiger partial charge >= 0.3 is 0 Å². The summed E-state index contributed by atoms with van der Waals surface area (Å²) in [6.07, 6.45) is 3.17. The summed E-state index contributed by atoms with van der Waals surface area (Å²) in [5, 5.41) is 4.32. The molecule has 3 nitrogen and oxygen atoms in total. The average Bonchev–Trinajstić information content (AvgIpc) is 2.34. The molecule has 19 heavy (non-hydrogen) atoms. The smallest absolute Gasteiger partial charge is 0.267 e. The molecule has 0 radical (unpaired) electrons. The number of hydrazone groups is 1. The molecule has 1 atom stereocenters. The van der Waals surface area contributed by atoms with E-state index in [1.807, 2.05) is 18.2 Å². The molecule has 0 spiro atoms. The van der Waals surface area contributed by atoms with Crippen molar-refractivity contribution < 1.29 is 4.79 Å². The summed E-state index contributed by atoms with van der Waals surface area (Å²) in [4.78, 5) is 11.9. The van der Waals surface area contributed by atoms with Gasteiger partial charge in [-0.3, -0.25) is 4.79 Å². The lowest BCUT2D eigenvalue weighted by Gasteiger charge is -2.34. The van der Waals surface area contributed by atoms with Gasteiger partial charge in [0.05, 0.1) is 0 Å². The minimum atomic E-state index is -0.135. The maximum absolute atomic E-state index is 11.9. The molecule has 0 saturated heterocycles. The predicted octanol–water partition coefficient (Wildman–Crippen LogP) is 3.62. The van der Waals surface area contributed by atoms with Gasteiger partial charge in [0.2, 0.25) is 0 Å². The Balaban J connectivity index is 2.01. The summed E-state index contributed by atoms with van der Waals surface area (Å²) in [6, 6.07) is 9.20. The number of hydrogen-bond acceptors (Lipinski definition) is 2. The second kappa shape index (κ2) is 5.55. The first-order valence-electron chi connectivity index (χ1n) is 6.87. The van der Waals surface area contributed by atoms with Crippen LogP contribution in [0.25, 0.3) is 0 Å². The van der Waals surface area contributed by atoms with Crippen LogP contribution in [0.15, 0.2) is 35.4 Å². The van der Waals surface area contributed by atoms with Gasteiger partial charge in [-0.1, -0.05) is 39.0 Å². The standard InChI is InChI=1S/C16H22N2O/c1-12-9-14(11-16(2,3)10-12)17-18-15(19)13-7-5-4-6-8-13/h4-8,12H,9-11H2,1-3H3,(H,18,19)/b17-14-/t12-/m0/s1. The average molecular weight is 258 g/mol. The third-order valence-corrected chi connectivity index (χ3v) is 3.52.